The third-order valence-electron chi connectivity index (χ3n) is 5.51. The monoisotopic (exact) mass is 379 g/mol. The Morgan fingerprint density at radius 1 is 1.00 bits per heavy atom. The van der Waals surface area contributed by atoms with Gasteiger partial charge in [-0.25, -0.2) is 4.79 Å². The average Bonchev–Trinajstić information content (AvgIpc) is 2.74. The molecule has 0 unspecified atom stereocenters. The second-order valence-corrected chi connectivity index (χ2v) is 7.43. The molecule has 1 heterocycles. The number of likely N-dealkylation sites (tertiary alicyclic amines) is 1. The number of carbonyl (C=O) groups is 2. The van der Waals surface area contributed by atoms with E-state index in [9.17, 15) is 9.59 Å². The number of nitrogens with zero attached hydrogens (tertiary/aromatic N) is 1. The molecule has 2 N–H and O–H groups in total. The van der Waals surface area contributed by atoms with Crippen molar-refractivity contribution >= 4 is 17.6 Å². The molecule has 1 saturated heterocycles. The molecule has 0 spiro atoms. The summed E-state index contributed by atoms with van der Waals surface area (Å²) < 4.78 is 0. The minimum absolute atomic E-state index is 0.0587. The number of para-hydroxylation sites is 1. The average molecular weight is 380 g/mol. The number of hydrogen-bond acceptors (Lipinski definition) is 2. The van der Waals surface area contributed by atoms with Gasteiger partial charge in [0.05, 0.1) is 0 Å². The summed E-state index contributed by atoms with van der Waals surface area (Å²) in [5, 5.41) is 5.98. The van der Waals surface area contributed by atoms with Gasteiger partial charge in [0.15, 0.2) is 0 Å². The van der Waals surface area contributed by atoms with Crippen molar-refractivity contribution in [3.63, 3.8) is 0 Å². The zero-order valence-corrected chi connectivity index (χ0v) is 16.4. The van der Waals surface area contributed by atoms with Crippen molar-refractivity contribution in [3.05, 3.63) is 66.2 Å². The van der Waals surface area contributed by atoms with E-state index in [1.165, 1.54) is 0 Å². The predicted molar refractivity (Wildman–Crippen MR) is 112 cm³/mol. The molecule has 2 atom stereocenters. The molecular weight excluding hydrogens is 350 g/mol. The number of rotatable bonds is 6. The lowest BCUT2D eigenvalue weighted by atomic mass is 9.81. The summed E-state index contributed by atoms with van der Waals surface area (Å²) in [5.74, 6) is 0.758. The van der Waals surface area contributed by atoms with E-state index >= 15 is 0 Å². The Labute approximate surface area is 167 Å². The number of urea groups is 1. The van der Waals surface area contributed by atoms with Crippen LogP contribution < -0.4 is 10.6 Å². The van der Waals surface area contributed by atoms with Crippen LogP contribution in [0.2, 0.25) is 0 Å². The van der Waals surface area contributed by atoms with Crippen molar-refractivity contribution in [2.24, 2.45) is 11.8 Å². The Morgan fingerprint density at radius 3 is 2.36 bits per heavy atom. The van der Waals surface area contributed by atoms with Crippen LogP contribution in [0.4, 0.5) is 10.5 Å². The highest BCUT2D eigenvalue weighted by Gasteiger charge is 2.31. The van der Waals surface area contributed by atoms with Crippen LogP contribution in [0.15, 0.2) is 60.7 Å². The molecule has 0 saturated carbocycles. The van der Waals surface area contributed by atoms with Gasteiger partial charge in [0, 0.05) is 31.7 Å². The lowest BCUT2D eigenvalue weighted by molar-refractivity contribution is -0.123. The Hall–Kier alpha value is -2.82. The van der Waals surface area contributed by atoms with E-state index in [2.05, 4.69) is 17.6 Å². The number of hydrogen-bond donors (Lipinski definition) is 2. The summed E-state index contributed by atoms with van der Waals surface area (Å²) in [6.07, 6.45) is 2.35. The number of nitrogens with one attached hydrogen (secondary N) is 2. The summed E-state index contributed by atoms with van der Waals surface area (Å²) in [6, 6.07) is 19.4. The standard InChI is InChI=1S/C23H29N3O2/c1-2-19-17-26(23(28)25-21-11-7-4-8-12-21)14-13-20(19)15-22(27)24-16-18-9-5-3-6-10-18/h3-12,19-20H,2,13-17H2,1H3,(H,24,27)(H,25,28)/t19-,20+/m1/s1. The zero-order valence-electron chi connectivity index (χ0n) is 16.4. The van der Waals surface area contributed by atoms with Crippen molar-refractivity contribution in [2.45, 2.75) is 32.7 Å². The molecule has 2 aromatic carbocycles. The van der Waals surface area contributed by atoms with Gasteiger partial charge in [-0.3, -0.25) is 4.79 Å². The lowest BCUT2D eigenvalue weighted by Crippen LogP contribution is -2.46. The maximum Gasteiger partial charge on any atom is 0.321 e. The summed E-state index contributed by atoms with van der Waals surface area (Å²) in [5.41, 5.74) is 1.92. The first-order valence-corrected chi connectivity index (χ1v) is 10.1. The number of carbonyl (C=O) groups excluding carboxylic acids is 2. The molecule has 5 nitrogen and oxygen atoms in total. The molecule has 1 aliphatic heterocycles. The largest absolute Gasteiger partial charge is 0.352 e. The van der Waals surface area contributed by atoms with Crippen LogP contribution in [0, 0.1) is 11.8 Å². The maximum atomic E-state index is 12.6. The fraction of sp³-hybridized carbons (Fsp3) is 0.391. The van der Waals surface area contributed by atoms with Gasteiger partial charge < -0.3 is 15.5 Å². The third-order valence-corrected chi connectivity index (χ3v) is 5.51. The van der Waals surface area contributed by atoms with Crippen LogP contribution in [-0.4, -0.2) is 29.9 Å². The number of anilines is 1. The van der Waals surface area contributed by atoms with E-state index < -0.39 is 0 Å². The molecule has 0 radical (unpaired) electrons. The van der Waals surface area contributed by atoms with Crippen LogP contribution in [0.25, 0.3) is 0 Å². The highest BCUT2D eigenvalue weighted by Crippen LogP contribution is 2.29. The molecule has 0 bridgehead atoms. The van der Waals surface area contributed by atoms with Crippen molar-refractivity contribution < 1.29 is 9.59 Å². The summed E-state index contributed by atoms with van der Waals surface area (Å²) in [4.78, 5) is 26.8. The van der Waals surface area contributed by atoms with Crippen LogP contribution in [0.5, 0.6) is 0 Å². The fourth-order valence-electron chi connectivity index (χ4n) is 3.83. The zero-order chi connectivity index (χ0) is 19.8. The SMILES string of the molecule is CC[C@@H]1CN(C(=O)Nc2ccccc2)CC[C@H]1CC(=O)NCc1ccccc1. The minimum atomic E-state index is -0.0587. The first-order valence-electron chi connectivity index (χ1n) is 10.1. The molecule has 148 valence electrons. The first kappa shape index (κ1) is 19.9. The van der Waals surface area contributed by atoms with Gasteiger partial charge in [-0.15, -0.1) is 0 Å². The van der Waals surface area contributed by atoms with Crippen molar-refractivity contribution in [1.29, 1.82) is 0 Å². The molecule has 2 aromatic rings. The molecular formula is C23H29N3O2. The molecule has 3 rings (SSSR count). The lowest BCUT2D eigenvalue weighted by Gasteiger charge is -2.38. The van der Waals surface area contributed by atoms with Crippen LogP contribution >= 0.6 is 0 Å². The van der Waals surface area contributed by atoms with Gasteiger partial charge in [0.25, 0.3) is 0 Å². The highest BCUT2D eigenvalue weighted by atomic mass is 16.2. The van der Waals surface area contributed by atoms with Gasteiger partial charge in [0.1, 0.15) is 0 Å². The number of piperidine rings is 1. The Balaban J connectivity index is 1.48. The Bertz CT molecular complexity index is 764. The molecule has 5 heteroatoms. The second-order valence-electron chi connectivity index (χ2n) is 7.43. The summed E-state index contributed by atoms with van der Waals surface area (Å²) in [6.45, 7) is 4.09. The number of benzene rings is 2. The van der Waals surface area contributed by atoms with E-state index in [-0.39, 0.29) is 11.9 Å². The molecule has 1 fully saturated rings. The van der Waals surface area contributed by atoms with Gasteiger partial charge in [-0.05, 0) is 36.0 Å². The van der Waals surface area contributed by atoms with Crippen LogP contribution in [0.1, 0.15) is 31.7 Å². The molecule has 28 heavy (non-hydrogen) atoms. The van der Waals surface area contributed by atoms with Crippen LogP contribution in [-0.2, 0) is 11.3 Å². The highest BCUT2D eigenvalue weighted by molar-refractivity contribution is 5.89. The van der Waals surface area contributed by atoms with Crippen molar-refractivity contribution in [1.82, 2.24) is 10.2 Å². The fourth-order valence-corrected chi connectivity index (χ4v) is 3.83. The maximum absolute atomic E-state index is 12.6. The van der Waals surface area contributed by atoms with Gasteiger partial charge in [0.2, 0.25) is 5.91 Å². The van der Waals surface area contributed by atoms with E-state index in [0.29, 0.717) is 37.9 Å². The smallest absolute Gasteiger partial charge is 0.321 e. The number of amides is 3. The predicted octanol–water partition coefficient (Wildman–Crippen LogP) is 4.27. The normalized spacial score (nSPS) is 19.1. The van der Waals surface area contributed by atoms with E-state index in [1.807, 2.05) is 65.6 Å². The van der Waals surface area contributed by atoms with Gasteiger partial charge in [-0.1, -0.05) is 61.9 Å². The summed E-state index contributed by atoms with van der Waals surface area (Å²) in [7, 11) is 0. The van der Waals surface area contributed by atoms with Crippen LogP contribution in [0.3, 0.4) is 0 Å². The molecule has 0 aliphatic carbocycles. The molecule has 3 amide bonds. The molecule has 0 aromatic heterocycles. The van der Waals surface area contributed by atoms with Crippen molar-refractivity contribution in [2.75, 3.05) is 18.4 Å². The second kappa shape index (κ2) is 9.93. The quantitative estimate of drug-likeness (QED) is 0.787. The van der Waals surface area contributed by atoms with E-state index in [1.54, 1.807) is 0 Å². The third kappa shape index (κ3) is 5.59. The molecule has 1 aliphatic rings. The summed E-state index contributed by atoms with van der Waals surface area (Å²) >= 11 is 0. The van der Waals surface area contributed by atoms with Crippen molar-refractivity contribution in [3.8, 4) is 0 Å². The van der Waals surface area contributed by atoms with Gasteiger partial charge >= 0.3 is 6.03 Å². The minimum Gasteiger partial charge on any atom is -0.352 e. The van der Waals surface area contributed by atoms with E-state index in [4.69, 9.17) is 0 Å². The Kier molecular flexibility index (Phi) is 7.06. The van der Waals surface area contributed by atoms with Gasteiger partial charge in [-0.2, -0.15) is 0 Å². The Morgan fingerprint density at radius 2 is 1.68 bits per heavy atom. The van der Waals surface area contributed by atoms with E-state index in [0.717, 1.165) is 24.1 Å². The first-order chi connectivity index (χ1) is 13.7. The topological polar surface area (TPSA) is 61.4 Å².